The number of benzene rings is 1. The van der Waals surface area contributed by atoms with Crippen molar-refractivity contribution in [2.45, 2.75) is 38.1 Å². The third kappa shape index (κ3) is 3.85. The number of fused-ring (bicyclic) bond motifs is 4. The minimum Gasteiger partial charge on any atom is -0.504 e. The van der Waals surface area contributed by atoms with E-state index in [1.165, 1.54) is 18.5 Å². The van der Waals surface area contributed by atoms with Crippen molar-refractivity contribution in [2.75, 3.05) is 24.5 Å². The first kappa shape index (κ1) is 21.5. The lowest BCUT2D eigenvalue weighted by atomic mass is 9.94. The van der Waals surface area contributed by atoms with Gasteiger partial charge in [-0.1, -0.05) is 6.07 Å². The molecule has 0 saturated carbocycles. The Hall–Kier alpha value is -2.71. The highest BCUT2D eigenvalue weighted by atomic mass is 35.5. The van der Waals surface area contributed by atoms with Crippen LogP contribution in [0.15, 0.2) is 23.0 Å². The molecule has 2 aromatic rings. The number of nitrogens with one attached hydrogen (secondary N) is 2. The van der Waals surface area contributed by atoms with Crippen LogP contribution in [0.5, 0.6) is 11.5 Å². The zero-order chi connectivity index (χ0) is 20.8. The van der Waals surface area contributed by atoms with Crippen molar-refractivity contribution < 1.29 is 19.7 Å². The highest BCUT2D eigenvalue weighted by Gasteiger charge is 2.34. The van der Waals surface area contributed by atoms with Crippen LogP contribution >= 0.6 is 12.4 Å². The van der Waals surface area contributed by atoms with E-state index in [2.05, 4.69) is 32.1 Å². The third-order valence-electron chi connectivity index (χ3n) is 6.63. The van der Waals surface area contributed by atoms with E-state index in [4.69, 9.17) is 5.11 Å². The van der Waals surface area contributed by atoms with E-state index in [-0.39, 0.29) is 18.2 Å². The van der Waals surface area contributed by atoms with Crippen molar-refractivity contribution in [3.63, 3.8) is 0 Å². The average molecular weight is 448 g/mol. The molecule has 1 aromatic heterocycles. The molecule has 0 spiro atoms. The summed E-state index contributed by atoms with van der Waals surface area (Å²) in [5.41, 5.74) is 3.50. The topological polar surface area (TPSA) is 115 Å². The number of hydrogen-bond acceptors (Lipinski definition) is 6. The number of carboxylic acid groups (broad SMARTS) is 1. The summed E-state index contributed by atoms with van der Waals surface area (Å²) in [7, 11) is 0. The number of rotatable bonds is 2. The van der Waals surface area contributed by atoms with Crippen molar-refractivity contribution in [1.29, 1.82) is 0 Å². The Bertz CT molecular complexity index is 1060. The van der Waals surface area contributed by atoms with Gasteiger partial charge < -0.3 is 30.2 Å². The van der Waals surface area contributed by atoms with Gasteiger partial charge in [0.05, 0.1) is 5.69 Å². The zero-order valence-corrected chi connectivity index (χ0v) is 17.8. The van der Waals surface area contributed by atoms with E-state index in [0.717, 1.165) is 43.6 Å². The first-order chi connectivity index (χ1) is 14.5. The molecule has 166 valence electrons. The van der Waals surface area contributed by atoms with Gasteiger partial charge in [-0.15, -0.1) is 12.4 Å². The van der Waals surface area contributed by atoms with Crippen molar-refractivity contribution in [1.82, 2.24) is 10.3 Å². The lowest BCUT2D eigenvalue weighted by Crippen LogP contribution is -2.40. The number of hydrogen-bond donors (Lipinski definition) is 4. The fourth-order valence-electron chi connectivity index (χ4n) is 5.20. The first-order valence-electron chi connectivity index (χ1n) is 10.5. The van der Waals surface area contributed by atoms with Crippen LogP contribution in [-0.4, -0.2) is 47.0 Å². The Labute approximate surface area is 185 Å². The monoisotopic (exact) mass is 447 g/mol. The van der Waals surface area contributed by atoms with Crippen LogP contribution in [0.25, 0.3) is 11.3 Å². The standard InChI is InChI=1S/C22H25N3O5.ClH/c26-19-16-5-1-3-12-9-14(25-10-13-4-2-8-23-17(13)11-25)6-7-15(12)18(16)24-21(27)20(19)30-22(28)29;/h6-7,9,13,17,23H,1-5,8,10-11H2,(H,28,29)(H2,24,26,27);1H/t13-,17+;/m1./s1. The lowest BCUT2D eigenvalue weighted by molar-refractivity contribution is 0.142. The Morgan fingerprint density at radius 1 is 1.19 bits per heavy atom. The van der Waals surface area contributed by atoms with Crippen molar-refractivity contribution >= 4 is 24.2 Å². The molecule has 2 atom stereocenters. The van der Waals surface area contributed by atoms with Gasteiger partial charge in [0.25, 0.3) is 5.56 Å². The van der Waals surface area contributed by atoms with Crippen LogP contribution in [0.2, 0.25) is 0 Å². The molecule has 4 N–H and O–H groups in total. The molecule has 2 aliphatic heterocycles. The quantitative estimate of drug-likeness (QED) is 0.523. The van der Waals surface area contributed by atoms with Gasteiger partial charge in [-0.25, -0.2) is 4.79 Å². The van der Waals surface area contributed by atoms with Crippen molar-refractivity contribution in [2.24, 2.45) is 5.92 Å². The molecule has 0 radical (unpaired) electrons. The van der Waals surface area contributed by atoms with Gasteiger partial charge in [-0.2, -0.15) is 0 Å². The maximum absolute atomic E-state index is 12.4. The van der Waals surface area contributed by atoms with Crippen LogP contribution < -0.4 is 20.5 Å². The number of aromatic hydroxyl groups is 1. The number of nitrogens with zero attached hydrogens (tertiary/aromatic N) is 1. The maximum Gasteiger partial charge on any atom is 0.511 e. The minimum absolute atomic E-state index is 0. The normalized spacial score (nSPS) is 21.9. The van der Waals surface area contributed by atoms with Crippen LogP contribution in [0.1, 0.15) is 30.4 Å². The van der Waals surface area contributed by atoms with E-state index >= 15 is 0 Å². The number of pyridine rings is 1. The minimum atomic E-state index is -1.63. The third-order valence-corrected chi connectivity index (χ3v) is 6.63. The van der Waals surface area contributed by atoms with E-state index < -0.39 is 17.5 Å². The number of aromatic amines is 1. The predicted octanol–water partition coefficient (Wildman–Crippen LogP) is 2.90. The number of H-pyrrole nitrogens is 1. The molecule has 3 aliphatic rings. The molecule has 2 fully saturated rings. The molecule has 9 heteroatoms. The molecule has 3 heterocycles. The summed E-state index contributed by atoms with van der Waals surface area (Å²) in [5, 5.41) is 23.0. The second-order valence-electron chi connectivity index (χ2n) is 8.42. The summed E-state index contributed by atoms with van der Waals surface area (Å²) in [5.74, 6) is -0.254. The van der Waals surface area contributed by atoms with Gasteiger partial charge in [0, 0.05) is 35.9 Å². The molecule has 1 aliphatic carbocycles. The lowest BCUT2D eigenvalue weighted by Gasteiger charge is -2.24. The van der Waals surface area contributed by atoms with Gasteiger partial charge in [0.15, 0.2) is 5.75 Å². The van der Waals surface area contributed by atoms with Crippen LogP contribution in [0.3, 0.4) is 0 Å². The van der Waals surface area contributed by atoms with Gasteiger partial charge in [0.1, 0.15) is 0 Å². The van der Waals surface area contributed by atoms with E-state index in [0.29, 0.717) is 29.6 Å². The Morgan fingerprint density at radius 3 is 2.81 bits per heavy atom. The van der Waals surface area contributed by atoms with Crippen LogP contribution in [0, 0.1) is 5.92 Å². The zero-order valence-electron chi connectivity index (χ0n) is 17.0. The summed E-state index contributed by atoms with van der Waals surface area (Å²) < 4.78 is 4.51. The number of aromatic nitrogens is 1. The number of carbonyl (C=O) groups is 1. The number of anilines is 1. The molecule has 0 amide bonds. The van der Waals surface area contributed by atoms with Crippen molar-refractivity contribution in [3.05, 3.63) is 39.7 Å². The summed E-state index contributed by atoms with van der Waals surface area (Å²) in [6.07, 6.45) is 3.00. The van der Waals surface area contributed by atoms with Gasteiger partial charge in [-0.3, -0.25) is 4.79 Å². The highest BCUT2D eigenvalue weighted by Crippen LogP contribution is 2.40. The van der Waals surface area contributed by atoms with Crippen LogP contribution in [0.4, 0.5) is 10.5 Å². The molecular weight excluding hydrogens is 422 g/mol. The van der Waals surface area contributed by atoms with Gasteiger partial charge >= 0.3 is 6.16 Å². The first-order valence-corrected chi connectivity index (χ1v) is 10.5. The summed E-state index contributed by atoms with van der Waals surface area (Å²) in [4.78, 5) is 28.4. The molecule has 31 heavy (non-hydrogen) atoms. The second kappa shape index (κ2) is 8.43. The number of piperidine rings is 1. The summed E-state index contributed by atoms with van der Waals surface area (Å²) in [6.45, 7) is 3.16. The highest BCUT2D eigenvalue weighted by molar-refractivity contribution is 5.85. The molecule has 0 bridgehead atoms. The molecular formula is C22H26ClN3O5. The molecule has 2 saturated heterocycles. The molecule has 5 rings (SSSR count). The Kier molecular flexibility index (Phi) is 5.85. The molecule has 8 nitrogen and oxygen atoms in total. The fraction of sp³-hybridized carbons (Fsp3) is 0.455. The second-order valence-corrected chi connectivity index (χ2v) is 8.42. The smallest absolute Gasteiger partial charge is 0.504 e. The number of aryl methyl sites for hydroxylation is 1. The largest absolute Gasteiger partial charge is 0.511 e. The van der Waals surface area contributed by atoms with Crippen LogP contribution in [-0.2, 0) is 12.8 Å². The molecule has 1 aromatic carbocycles. The van der Waals surface area contributed by atoms with E-state index in [1.54, 1.807) is 0 Å². The Balaban J connectivity index is 0.00000231. The summed E-state index contributed by atoms with van der Waals surface area (Å²) >= 11 is 0. The molecule has 0 unspecified atom stereocenters. The number of ether oxygens (including phenoxy) is 1. The Morgan fingerprint density at radius 2 is 2.03 bits per heavy atom. The van der Waals surface area contributed by atoms with Gasteiger partial charge in [-0.05, 0) is 62.3 Å². The van der Waals surface area contributed by atoms with E-state index in [1.807, 2.05) is 6.07 Å². The average Bonchev–Trinajstić information content (AvgIpc) is 3.08. The fourth-order valence-corrected chi connectivity index (χ4v) is 5.20. The maximum atomic E-state index is 12.4. The van der Waals surface area contributed by atoms with Gasteiger partial charge in [0.2, 0.25) is 5.75 Å². The SMILES string of the molecule is Cl.O=C(O)Oc1c(O)c2c([nH]c1=O)-c1ccc(N3C[C@H]4CCCN[C@H]4C3)cc1CCC2. The van der Waals surface area contributed by atoms with E-state index in [9.17, 15) is 14.7 Å². The summed E-state index contributed by atoms with van der Waals surface area (Å²) in [6, 6.07) is 6.82. The predicted molar refractivity (Wildman–Crippen MR) is 119 cm³/mol. The number of halogens is 1. The van der Waals surface area contributed by atoms with Crippen molar-refractivity contribution in [3.8, 4) is 22.8 Å².